The number of fused-ring (bicyclic) bond motifs is 1. The summed E-state index contributed by atoms with van der Waals surface area (Å²) in [6.45, 7) is 0. The van der Waals surface area contributed by atoms with Gasteiger partial charge in [-0.15, -0.1) is 0 Å². The van der Waals surface area contributed by atoms with Crippen molar-refractivity contribution in [3.8, 4) is 11.3 Å². The van der Waals surface area contributed by atoms with Crippen molar-refractivity contribution in [3.63, 3.8) is 0 Å². The molecular formula is C12H6ClF2N3. The molecule has 3 aromatic rings. The fourth-order valence-electron chi connectivity index (χ4n) is 1.77. The van der Waals surface area contributed by atoms with Gasteiger partial charge >= 0.3 is 0 Å². The second-order valence-electron chi connectivity index (χ2n) is 3.68. The summed E-state index contributed by atoms with van der Waals surface area (Å²) in [6.07, 6.45) is 2.75. The van der Waals surface area contributed by atoms with Crippen LogP contribution in [0.5, 0.6) is 0 Å². The van der Waals surface area contributed by atoms with Crippen LogP contribution in [0.15, 0.2) is 36.7 Å². The Balaban J connectivity index is 2.32. The normalized spacial score (nSPS) is 11.1. The van der Waals surface area contributed by atoms with Crippen molar-refractivity contribution in [1.29, 1.82) is 0 Å². The first-order valence-corrected chi connectivity index (χ1v) is 5.48. The van der Waals surface area contributed by atoms with Crippen molar-refractivity contribution in [2.45, 2.75) is 0 Å². The Labute approximate surface area is 106 Å². The summed E-state index contributed by atoms with van der Waals surface area (Å²) in [7, 11) is 0. The molecule has 18 heavy (non-hydrogen) atoms. The summed E-state index contributed by atoms with van der Waals surface area (Å²) in [5, 5.41) is 4.40. The number of aromatic nitrogens is 3. The molecule has 0 spiro atoms. The van der Waals surface area contributed by atoms with Gasteiger partial charge in [-0.05, 0) is 12.1 Å². The van der Waals surface area contributed by atoms with Crippen LogP contribution in [-0.2, 0) is 0 Å². The van der Waals surface area contributed by atoms with E-state index in [-0.39, 0.29) is 11.3 Å². The lowest BCUT2D eigenvalue weighted by molar-refractivity contribution is 0.587. The molecule has 0 radical (unpaired) electrons. The number of nitrogens with zero attached hydrogens (tertiary/aromatic N) is 3. The van der Waals surface area contributed by atoms with Crippen LogP contribution >= 0.6 is 11.6 Å². The van der Waals surface area contributed by atoms with Crippen LogP contribution < -0.4 is 0 Å². The lowest BCUT2D eigenvalue weighted by Gasteiger charge is -2.03. The third-order valence-electron chi connectivity index (χ3n) is 2.55. The number of benzene rings is 1. The quantitative estimate of drug-likeness (QED) is 0.676. The van der Waals surface area contributed by atoms with E-state index >= 15 is 0 Å². The van der Waals surface area contributed by atoms with Crippen molar-refractivity contribution in [1.82, 2.24) is 14.6 Å². The summed E-state index contributed by atoms with van der Waals surface area (Å²) < 4.78 is 28.7. The van der Waals surface area contributed by atoms with Gasteiger partial charge in [0.25, 0.3) is 0 Å². The van der Waals surface area contributed by atoms with Crippen LogP contribution in [0.2, 0.25) is 5.02 Å². The highest BCUT2D eigenvalue weighted by Gasteiger charge is 2.15. The summed E-state index contributed by atoms with van der Waals surface area (Å²) in [4.78, 5) is 4.02. The SMILES string of the molecule is Fc1cccc(F)c1-c1cnc2cc(Cl)cnn12. The number of halogens is 3. The molecule has 1 aromatic carbocycles. The number of imidazole rings is 1. The van der Waals surface area contributed by atoms with Gasteiger partial charge in [0, 0.05) is 6.07 Å². The Morgan fingerprint density at radius 1 is 1.11 bits per heavy atom. The van der Waals surface area contributed by atoms with E-state index in [1.54, 1.807) is 6.07 Å². The van der Waals surface area contributed by atoms with Crippen LogP contribution in [0.3, 0.4) is 0 Å². The van der Waals surface area contributed by atoms with Crippen LogP contribution in [0.1, 0.15) is 0 Å². The van der Waals surface area contributed by atoms with E-state index in [1.165, 1.54) is 35.1 Å². The van der Waals surface area contributed by atoms with E-state index in [9.17, 15) is 8.78 Å². The maximum absolute atomic E-state index is 13.7. The van der Waals surface area contributed by atoms with Gasteiger partial charge in [0.1, 0.15) is 11.6 Å². The summed E-state index contributed by atoms with van der Waals surface area (Å²) in [5.41, 5.74) is 0.525. The van der Waals surface area contributed by atoms with Crippen molar-refractivity contribution < 1.29 is 8.78 Å². The van der Waals surface area contributed by atoms with Crippen LogP contribution in [0, 0.1) is 11.6 Å². The highest BCUT2D eigenvalue weighted by Crippen LogP contribution is 2.26. The van der Waals surface area contributed by atoms with Gasteiger partial charge in [-0.2, -0.15) is 5.10 Å². The van der Waals surface area contributed by atoms with Gasteiger partial charge in [-0.1, -0.05) is 17.7 Å². The third kappa shape index (κ3) is 1.64. The van der Waals surface area contributed by atoms with Gasteiger partial charge in [0.2, 0.25) is 0 Å². The highest BCUT2D eigenvalue weighted by molar-refractivity contribution is 6.30. The largest absolute Gasteiger partial charge is 0.235 e. The number of hydrogen-bond donors (Lipinski definition) is 0. The maximum Gasteiger partial charge on any atom is 0.155 e. The van der Waals surface area contributed by atoms with Crippen LogP contribution in [0.25, 0.3) is 16.9 Å². The van der Waals surface area contributed by atoms with E-state index in [2.05, 4.69) is 10.1 Å². The molecule has 2 heterocycles. The first kappa shape index (κ1) is 11.1. The minimum Gasteiger partial charge on any atom is -0.235 e. The average Bonchev–Trinajstić information content (AvgIpc) is 2.72. The summed E-state index contributed by atoms with van der Waals surface area (Å²) >= 11 is 5.77. The van der Waals surface area contributed by atoms with E-state index in [0.29, 0.717) is 10.7 Å². The molecule has 0 saturated heterocycles. The topological polar surface area (TPSA) is 30.2 Å². The zero-order valence-corrected chi connectivity index (χ0v) is 9.70. The second kappa shape index (κ2) is 4.03. The molecule has 6 heteroatoms. The van der Waals surface area contributed by atoms with E-state index in [1.807, 2.05) is 0 Å². The van der Waals surface area contributed by atoms with Crippen LogP contribution in [-0.4, -0.2) is 14.6 Å². The fourth-order valence-corrected chi connectivity index (χ4v) is 1.91. The second-order valence-corrected chi connectivity index (χ2v) is 4.12. The van der Waals surface area contributed by atoms with Gasteiger partial charge in [0.15, 0.2) is 5.65 Å². The monoisotopic (exact) mass is 265 g/mol. The molecule has 0 N–H and O–H groups in total. The van der Waals surface area contributed by atoms with Crippen molar-refractivity contribution >= 4 is 17.2 Å². The zero-order valence-electron chi connectivity index (χ0n) is 8.94. The molecule has 0 unspecified atom stereocenters. The maximum atomic E-state index is 13.7. The molecule has 90 valence electrons. The molecule has 3 nitrogen and oxygen atoms in total. The lowest BCUT2D eigenvalue weighted by Crippen LogP contribution is -1.97. The Bertz CT molecular complexity index is 719. The predicted octanol–water partition coefficient (Wildman–Crippen LogP) is 3.33. The summed E-state index contributed by atoms with van der Waals surface area (Å²) in [5.74, 6) is -1.32. The van der Waals surface area contributed by atoms with E-state index in [0.717, 1.165) is 0 Å². The van der Waals surface area contributed by atoms with Crippen molar-refractivity contribution in [2.75, 3.05) is 0 Å². The Morgan fingerprint density at radius 2 is 1.83 bits per heavy atom. The lowest BCUT2D eigenvalue weighted by atomic mass is 10.1. The standard InChI is InChI=1S/C12H6ClF2N3/c13-7-4-11-16-6-10(18(11)17-5-7)12-8(14)2-1-3-9(12)15/h1-6H. The molecule has 0 aliphatic carbocycles. The molecule has 0 saturated carbocycles. The third-order valence-corrected chi connectivity index (χ3v) is 2.75. The molecule has 0 amide bonds. The van der Waals surface area contributed by atoms with Crippen molar-refractivity contribution in [3.05, 3.63) is 53.3 Å². The molecule has 0 fully saturated rings. The fraction of sp³-hybridized carbons (Fsp3) is 0. The molecule has 0 aliphatic heterocycles. The molecule has 2 aromatic heterocycles. The minimum absolute atomic E-state index is 0.153. The molecule has 0 bridgehead atoms. The van der Waals surface area contributed by atoms with Crippen molar-refractivity contribution in [2.24, 2.45) is 0 Å². The predicted molar refractivity (Wildman–Crippen MR) is 63.3 cm³/mol. The summed E-state index contributed by atoms with van der Waals surface area (Å²) in [6, 6.07) is 5.25. The minimum atomic E-state index is -0.659. The van der Waals surface area contributed by atoms with E-state index in [4.69, 9.17) is 11.6 Å². The molecule has 0 atom stereocenters. The van der Waals surface area contributed by atoms with Crippen LogP contribution in [0.4, 0.5) is 8.78 Å². The van der Waals surface area contributed by atoms with Gasteiger partial charge < -0.3 is 0 Å². The molecule has 3 rings (SSSR count). The van der Waals surface area contributed by atoms with Gasteiger partial charge in [0.05, 0.1) is 28.7 Å². The number of rotatable bonds is 1. The zero-order chi connectivity index (χ0) is 12.7. The Hall–Kier alpha value is -2.01. The first-order chi connectivity index (χ1) is 8.66. The molecular weight excluding hydrogens is 260 g/mol. The first-order valence-electron chi connectivity index (χ1n) is 5.10. The molecule has 0 aliphatic rings. The Kier molecular flexibility index (Phi) is 2.48. The van der Waals surface area contributed by atoms with E-state index < -0.39 is 11.6 Å². The van der Waals surface area contributed by atoms with Gasteiger partial charge in [-0.3, -0.25) is 0 Å². The van der Waals surface area contributed by atoms with Gasteiger partial charge in [-0.25, -0.2) is 18.3 Å². The average molecular weight is 266 g/mol. The Morgan fingerprint density at radius 3 is 2.56 bits per heavy atom. The highest BCUT2D eigenvalue weighted by atomic mass is 35.5. The smallest absolute Gasteiger partial charge is 0.155 e. The number of hydrogen-bond acceptors (Lipinski definition) is 2.